The Bertz CT molecular complexity index is 252. The number of alkyl halides is 3. The highest BCUT2D eigenvalue weighted by Crippen LogP contribution is 2.27. The fraction of sp³-hybridized carbons (Fsp3) is 1.00. The first-order chi connectivity index (χ1) is 7.32. The molecule has 0 aromatic heterocycles. The van der Waals surface area contributed by atoms with Crippen molar-refractivity contribution >= 4 is 0 Å². The standard InChI is InChI=1S/C9H15F3N2O2/c1-6(14(15)16)8(9(10,11)12)13-7-4-2-3-5-7/h6-8,13H,2-5H2,1H3. The Morgan fingerprint density at radius 3 is 2.25 bits per heavy atom. The van der Waals surface area contributed by atoms with Crippen LogP contribution in [0.25, 0.3) is 0 Å². The van der Waals surface area contributed by atoms with Crippen LogP contribution < -0.4 is 5.32 Å². The molecule has 0 saturated heterocycles. The molecular weight excluding hydrogens is 225 g/mol. The Labute approximate surface area is 91.4 Å². The number of nitrogens with zero attached hydrogens (tertiary/aromatic N) is 1. The molecule has 0 aromatic carbocycles. The van der Waals surface area contributed by atoms with Gasteiger partial charge in [-0.05, 0) is 12.8 Å². The summed E-state index contributed by atoms with van der Waals surface area (Å²) in [7, 11) is 0. The topological polar surface area (TPSA) is 55.2 Å². The van der Waals surface area contributed by atoms with Gasteiger partial charge in [0.25, 0.3) is 0 Å². The van der Waals surface area contributed by atoms with Crippen LogP contribution in [0.2, 0.25) is 0 Å². The summed E-state index contributed by atoms with van der Waals surface area (Å²) in [6.45, 7) is 0.986. The van der Waals surface area contributed by atoms with E-state index in [9.17, 15) is 23.3 Å². The van der Waals surface area contributed by atoms with Crippen LogP contribution in [-0.4, -0.2) is 29.2 Å². The normalized spacial score (nSPS) is 22.0. The number of rotatable bonds is 4. The summed E-state index contributed by atoms with van der Waals surface area (Å²) in [6, 6.07) is -3.94. The van der Waals surface area contributed by atoms with Crippen LogP contribution in [0.1, 0.15) is 32.6 Å². The first-order valence-corrected chi connectivity index (χ1v) is 5.28. The molecule has 1 saturated carbocycles. The van der Waals surface area contributed by atoms with Crippen molar-refractivity contribution in [3.63, 3.8) is 0 Å². The van der Waals surface area contributed by atoms with Crippen LogP contribution in [0, 0.1) is 10.1 Å². The lowest BCUT2D eigenvalue weighted by Gasteiger charge is -2.25. The van der Waals surface area contributed by atoms with Gasteiger partial charge in [0.1, 0.15) is 0 Å². The van der Waals surface area contributed by atoms with Crippen molar-refractivity contribution in [1.82, 2.24) is 5.32 Å². The summed E-state index contributed by atoms with van der Waals surface area (Å²) in [5.41, 5.74) is 0. The minimum absolute atomic E-state index is 0.242. The van der Waals surface area contributed by atoms with Gasteiger partial charge in [-0.15, -0.1) is 0 Å². The monoisotopic (exact) mass is 240 g/mol. The van der Waals surface area contributed by atoms with Crippen molar-refractivity contribution in [2.45, 2.75) is 56.9 Å². The van der Waals surface area contributed by atoms with Gasteiger partial charge in [-0.1, -0.05) is 12.8 Å². The zero-order valence-corrected chi connectivity index (χ0v) is 8.96. The molecule has 2 atom stereocenters. The quantitative estimate of drug-likeness (QED) is 0.605. The predicted molar refractivity (Wildman–Crippen MR) is 51.7 cm³/mol. The van der Waals surface area contributed by atoms with E-state index in [0.29, 0.717) is 12.8 Å². The van der Waals surface area contributed by atoms with E-state index < -0.39 is 23.2 Å². The molecule has 1 N–H and O–H groups in total. The highest BCUT2D eigenvalue weighted by atomic mass is 19.4. The molecule has 0 heterocycles. The lowest BCUT2D eigenvalue weighted by molar-refractivity contribution is -0.530. The summed E-state index contributed by atoms with van der Waals surface area (Å²) in [6.07, 6.45) is -1.48. The first-order valence-electron chi connectivity index (χ1n) is 5.28. The molecule has 0 bridgehead atoms. The van der Waals surface area contributed by atoms with Gasteiger partial charge in [0, 0.05) is 17.9 Å². The lowest BCUT2D eigenvalue weighted by atomic mass is 10.1. The highest BCUT2D eigenvalue weighted by molar-refractivity contribution is 4.86. The smallest absolute Gasteiger partial charge is 0.298 e. The van der Waals surface area contributed by atoms with Crippen molar-refractivity contribution in [2.75, 3.05) is 0 Å². The lowest BCUT2D eigenvalue weighted by Crippen LogP contribution is -2.54. The summed E-state index contributed by atoms with van der Waals surface area (Å²) >= 11 is 0. The summed E-state index contributed by atoms with van der Waals surface area (Å²) in [5, 5.41) is 12.8. The minimum Gasteiger partial charge on any atom is -0.298 e. The van der Waals surface area contributed by atoms with Crippen LogP contribution in [0.5, 0.6) is 0 Å². The van der Waals surface area contributed by atoms with Gasteiger partial charge >= 0.3 is 6.18 Å². The van der Waals surface area contributed by atoms with Crippen molar-refractivity contribution in [1.29, 1.82) is 0 Å². The fourth-order valence-corrected chi connectivity index (χ4v) is 1.98. The van der Waals surface area contributed by atoms with Crippen LogP contribution >= 0.6 is 0 Å². The number of nitrogens with one attached hydrogen (secondary N) is 1. The summed E-state index contributed by atoms with van der Waals surface area (Å²) in [4.78, 5) is 9.54. The zero-order chi connectivity index (χ0) is 12.3. The van der Waals surface area contributed by atoms with Crippen LogP contribution in [0.4, 0.5) is 13.2 Å². The number of hydrogen-bond donors (Lipinski definition) is 1. The molecule has 0 aliphatic heterocycles. The number of nitro groups is 1. The SMILES string of the molecule is CC(C(NC1CCCC1)C(F)(F)F)[N+](=O)[O-]. The van der Waals surface area contributed by atoms with E-state index in [4.69, 9.17) is 0 Å². The molecule has 1 rings (SSSR count). The van der Waals surface area contributed by atoms with Gasteiger partial charge in [-0.3, -0.25) is 15.4 Å². The molecule has 1 fully saturated rings. The third-order valence-corrected chi connectivity index (χ3v) is 2.94. The maximum Gasteiger partial charge on any atom is 0.410 e. The minimum atomic E-state index is -4.57. The Kier molecular flexibility index (Phi) is 4.12. The summed E-state index contributed by atoms with van der Waals surface area (Å²) in [5.74, 6) is 0. The van der Waals surface area contributed by atoms with Crippen LogP contribution in [0.15, 0.2) is 0 Å². The molecule has 7 heteroatoms. The number of hydrogen-bond acceptors (Lipinski definition) is 3. The average Bonchev–Trinajstić information content (AvgIpc) is 2.63. The first kappa shape index (κ1) is 13.2. The second kappa shape index (κ2) is 4.99. The molecule has 1 aliphatic rings. The second-order valence-corrected chi connectivity index (χ2v) is 4.19. The molecule has 0 aromatic rings. The maximum absolute atomic E-state index is 12.6. The third kappa shape index (κ3) is 3.33. The predicted octanol–water partition coefficient (Wildman–Crippen LogP) is 2.11. The molecule has 0 amide bonds. The second-order valence-electron chi connectivity index (χ2n) is 4.19. The fourth-order valence-electron chi connectivity index (χ4n) is 1.98. The highest BCUT2D eigenvalue weighted by Gasteiger charge is 2.49. The van der Waals surface area contributed by atoms with E-state index in [1.54, 1.807) is 0 Å². The van der Waals surface area contributed by atoms with Crippen LogP contribution in [-0.2, 0) is 0 Å². The van der Waals surface area contributed by atoms with Gasteiger partial charge in [0.2, 0.25) is 6.04 Å². The molecule has 94 valence electrons. The van der Waals surface area contributed by atoms with Crippen molar-refractivity contribution in [3.05, 3.63) is 10.1 Å². The largest absolute Gasteiger partial charge is 0.410 e. The van der Waals surface area contributed by atoms with Crippen molar-refractivity contribution in [2.24, 2.45) is 0 Å². The van der Waals surface area contributed by atoms with E-state index >= 15 is 0 Å². The molecule has 16 heavy (non-hydrogen) atoms. The Balaban J connectivity index is 2.67. The van der Waals surface area contributed by atoms with E-state index in [1.165, 1.54) is 0 Å². The average molecular weight is 240 g/mol. The molecule has 2 unspecified atom stereocenters. The zero-order valence-electron chi connectivity index (χ0n) is 8.96. The Morgan fingerprint density at radius 1 is 1.38 bits per heavy atom. The number of halogens is 3. The molecule has 0 radical (unpaired) electrons. The molecule has 1 aliphatic carbocycles. The summed E-state index contributed by atoms with van der Waals surface area (Å²) < 4.78 is 37.9. The van der Waals surface area contributed by atoms with Crippen molar-refractivity contribution in [3.8, 4) is 0 Å². The van der Waals surface area contributed by atoms with Gasteiger partial charge < -0.3 is 0 Å². The van der Waals surface area contributed by atoms with E-state index in [1.807, 2.05) is 0 Å². The Hall–Kier alpha value is -0.850. The Morgan fingerprint density at radius 2 is 1.88 bits per heavy atom. The third-order valence-electron chi connectivity index (χ3n) is 2.94. The van der Waals surface area contributed by atoms with E-state index in [2.05, 4.69) is 5.32 Å². The van der Waals surface area contributed by atoms with Gasteiger partial charge in [0.05, 0.1) is 0 Å². The van der Waals surface area contributed by atoms with E-state index in [0.717, 1.165) is 19.8 Å². The van der Waals surface area contributed by atoms with E-state index in [-0.39, 0.29) is 6.04 Å². The molecular formula is C9H15F3N2O2. The van der Waals surface area contributed by atoms with Gasteiger partial charge in [0.15, 0.2) is 6.04 Å². The van der Waals surface area contributed by atoms with Gasteiger partial charge in [-0.25, -0.2) is 0 Å². The van der Waals surface area contributed by atoms with Gasteiger partial charge in [-0.2, -0.15) is 13.2 Å². The molecule has 0 spiro atoms. The van der Waals surface area contributed by atoms with Crippen molar-refractivity contribution < 1.29 is 18.1 Å². The maximum atomic E-state index is 12.6. The molecule has 4 nitrogen and oxygen atoms in total. The van der Waals surface area contributed by atoms with Crippen LogP contribution in [0.3, 0.4) is 0 Å².